The van der Waals surface area contributed by atoms with E-state index in [1.807, 2.05) is 23.7 Å². The van der Waals surface area contributed by atoms with Gasteiger partial charge in [-0.3, -0.25) is 0 Å². The summed E-state index contributed by atoms with van der Waals surface area (Å²) in [6, 6.07) is 8.42. The minimum Gasteiger partial charge on any atom is -0.383 e. The van der Waals surface area contributed by atoms with Crippen molar-refractivity contribution in [2.45, 2.75) is 26.3 Å². The Balaban J connectivity index is 2.48. The Labute approximate surface area is 124 Å². The van der Waals surface area contributed by atoms with Crippen molar-refractivity contribution in [3.63, 3.8) is 0 Å². The number of aromatic nitrogens is 2. The summed E-state index contributed by atoms with van der Waals surface area (Å²) in [4.78, 5) is 0. The molecule has 3 nitrogen and oxygen atoms in total. The van der Waals surface area contributed by atoms with Crippen molar-refractivity contribution in [3.8, 4) is 0 Å². The summed E-state index contributed by atoms with van der Waals surface area (Å²) in [5.74, 6) is 0.680. The summed E-state index contributed by atoms with van der Waals surface area (Å²) in [6.07, 6.45) is 0.939. The van der Waals surface area contributed by atoms with Gasteiger partial charge in [0.1, 0.15) is 5.82 Å². The number of hydrogen-bond acceptors (Lipinski definition) is 2. The van der Waals surface area contributed by atoms with Crippen molar-refractivity contribution in [2.75, 3.05) is 5.73 Å². The van der Waals surface area contributed by atoms with Crippen molar-refractivity contribution >= 4 is 37.7 Å². The Morgan fingerprint density at radius 1 is 1.39 bits per heavy atom. The minimum atomic E-state index is 0.160. The lowest BCUT2D eigenvalue weighted by Crippen LogP contribution is -2.14. The molecule has 1 atom stereocenters. The number of nitrogens with two attached hydrogens (primary N) is 1. The molecule has 0 saturated carbocycles. The van der Waals surface area contributed by atoms with E-state index in [2.05, 4.69) is 56.0 Å². The zero-order valence-corrected chi connectivity index (χ0v) is 13.5. The van der Waals surface area contributed by atoms with Crippen LogP contribution in [0.25, 0.3) is 0 Å². The van der Waals surface area contributed by atoms with E-state index in [0.717, 1.165) is 21.1 Å². The number of halogens is 2. The van der Waals surface area contributed by atoms with Crippen LogP contribution in [0.3, 0.4) is 0 Å². The van der Waals surface area contributed by atoms with Gasteiger partial charge in [-0.05, 0) is 47.0 Å². The van der Waals surface area contributed by atoms with Crippen molar-refractivity contribution < 1.29 is 0 Å². The van der Waals surface area contributed by atoms with Gasteiger partial charge in [-0.15, -0.1) is 0 Å². The molecule has 2 aromatic rings. The highest BCUT2D eigenvalue weighted by Crippen LogP contribution is 2.31. The van der Waals surface area contributed by atoms with Crippen LogP contribution < -0.4 is 5.73 Å². The van der Waals surface area contributed by atoms with Crippen LogP contribution in [0.2, 0.25) is 0 Å². The molecule has 1 heterocycles. The summed E-state index contributed by atoms with van der Waals surface area (Å²) in [7, 11) is 0. The van der Waals surface area contributed by atoms with Gasteiger partial charge in [0, 0.05) is 4.47 Å². The van der Waals surface area contributed by atoms with Crippen LogP contribution in [-0.4, -0.2) is 9.78 Å². The second kappa shape index (κ2) is 5.45. The fourth-order valence-corrected chi connectivity index (χ4v) is 2.72. The Morgan fingerprint density at radius 2 is 2.11 bits per heavy atom. The molecule has 2 rings (SSSR count). The van der Waals surface area contributed by atoms with Gasteiger partial charge in [-0.1, -0.05) is 35.0 Å². The van der Waals surface area contributed by atoms with Crippen LogP contribution in [-0.2, 0) is 0 Å². The van der Waals surface area contributed by atoms with Crippen LogP contribution in [0.4, 0.5) is 5.82 Å². The van der Waals surface area contributed by atoms with E-state index >= 15 is 0 Å². The number of nitrogens with zero attached hydrogens (tertiary/aromatic N) is 2. The summed E-state index contributed by atoms with van der Waals surface area (Å²) in [5, 5.41) is 4.52. The lowest BCUT2D eigenvalue weighted by Gasteiger charge is -2.18. The second-order valence-corrected chi connectivity index (χ2v) is 5.92. The first-order valence-corrected chi connectivity index (χ1v) is 7.38. The molecule has 0 amide bonds. The van der Waals surface area contributed by atoms with Gasteiger partial charge in [0.2, 0.25) is 0 Å². The van der Waals surface area contributed by atoms with Crippen LogP contribution in [0.1, 0.15) is 30.6 Å². The predicted octanol–water partition coefficient (Wildman–Crippen LogP) is 4.30. The fraction of sp³-hybridized carbons (Fsp3) is 0.308. The Hall–Kier alpha value is -0.810. The van der Waals surface area contributed by atoms with Crippen molar-refractivity contribution in [1.82, 2.24) is 9.78 Å². The number of anilines is 1. The van der Waals surface area contributed by atoms with Gasteiger partial charge < -0.3 is 5.73 Å². The molecule has 0 aliphatic rings. The lowest BCUT2D eigenvalue weighted by molar-refractivity contribution is 0.513. The average Bonchev–Trinajstić information content (AvgIpc) is 2.59. The smallest absolute Gasteiger partial charge is 0.137 e. The molecular formula is C13H15Br2N3. The Kier molecular flexibility index (Phi) is 4.12. The second-order valence-electron chi connectivity index (χ2n) is 4.21. The highest BCUT2D eigenvalue weighted by molar-refractivity contribution is 9.11. The molecule has 0 fully saturated rings. The highest BCUT2D eigenvalue weighted by atomic mass is 79.9. The average molecular weight is 373 g/mol. The number of aryl methyl sites for hydroxylation is 1. The van der Waals surface area contributed by atoms with Gasteiger partial charge in [0.05, 0.1) is 16.2 Å². The van der Waals surface area contributed by atoms with E-state index in [4.69, 9.17) is 5.73 Å². The van der Waals surface area contributed by atoms with E-state index in [1.165, 1.54) is 5.56 Å². The third kappa shape index (κ3) is 2.47. The first kappa shape index (κ1) is 13.6. The van der Waals surface area contributed by atoms with Crippen LogP contribution in [0.15, 0.2) is 33.2 Å². The topological polar surface area (TPSA) is 43.8 Å². The largest absolute Gasteiger partial charge is 0.383 e. The lowest BCUT2D eigenvalue weighted by atomic mass is 10.1. The molecule has 0 spiro atoms. The van der Waals surface area contributed by atoms with E-state index < -0.39 is 0 Å². The predicted molar refractivity (Wildman–Crippen MR) is 81.6 cm³/mol. The van der Waals surface area contributed by atoms with Gasteiger partial charge >= 0.3 is 0 Å². The zero-order chi connectivity index (χ0) is 13.3. The highest BCUT2D eigenvalue weighted by Gasteiger charge is 2.18. The maximum Gasteiger partial charge on any atom is 0.137 e. The molecule has 2 N–H and O–H groups in total. The molecule has 1 aromatic heterocycles. The number of rotatable bonds is 3. The minimum absolute atomic E-state index is 0.160. The standard InChI is InChI=1S/C13H15Br2N3/c1-3-11(9-5-4-6-10(14)7-9)18-13(16)12(15)8(2)17-18/h4-7,11H,3,16H2,1-2H3. The Morgan fingerprint density at radius 3 is 2.61 bits per heavy atom. The number of hydrogen-bond donors (Lipinski definition) is 1. The maximum absolute atomic E-state index is 6.10. The summed E-state index contributed by atoms with van der Waals surface area (Å²) < 4.78 is 3.84. The van der Waals surface area contributed by atoms with Crippen molar-refractivity contribution in [2.24, 2.45) is 0 Å². The van der Waals surface area contributed by atoms with Crippen molar-refractivity contribution in [1.29, 1.82) is 0 Å². The Bertz CT molecular complexity index is 563. The first-order valence-electron chi connectivity index (χ1n) is 5.80. The molecule has 0 bridgehead atoms. The monoisotopic (exact) mass is 371 g/mol. The SMILES string of the molecule is CCC(c1cccc(Br)c1)n1nc(C)c(Br)c1N. The van der Waals surface area contributed by atoms with Gasteiger partial charge in [-0.25, -0.2) is 4.68 Å². The van der Waals surface area contributed by atoms with Crippen LogP contribution >= 0.6 is 31.9 Å². The quantitative estimate of drug-likeness (QED) is 0.872. The fourth-order valence-electron chi connectivity index (χ4n) is 2.05. The molecule has 1 unspecified atom stereocenters. The summed E-state index contributed by atoms with van der Waals surface area (Å²) in [6.45, 7) is 4.08. The molecule has 18 heavy (non-hydrogen) atoms. The van der Waals surface area contributed by atoms with Gasteiger partial charge in [0.25, 0.3) is 0 Å². The van der Waals surface area contributed by atoms with Gasteiger partial charge in [-0.2, -0.15) is 5.10 Å². The summed E-state index contributed by atoms with van der Waals surface area (Å²) >= 11 is 6.97. The van der Waals surface area contributed by atoms with E-state index in [-0.39, 0.29) is 6.04 Å². The van der Waals surface area contributed by atoms with Gasteiger partial charge in [0.15, 0.2) is 0 Å². The number of benzene rings is 1. The molecule has 0 radical (unpaired) electrons. The molecule has 96 valence electrons. The zero-order valence-electron chi connectivity index (χ0n) is 10.3. The normalized spacial score (nSPS) is 12.7. The molecule has 0 aliphatic heterocycles. The molecule has 1 aromatic carbocycles. The van der Waals surface area contributed by atoms with E-state index in [0.29, 0.717) is 5.82 Å². The molecule has 0 saturated heterocycles. The molecular weight excluding hydrogens is 358 g/mol. The molecule has 5 heteroatoms. The summed E-state index contributed by atoms with van der Waals surface area (Å²) in [5.41, 5.74) is 8.22. The van der Waals surface area contributed by atoms with E-state index in [9.17, 15) is 0 Å². The number of nitrogen functional groups attached to an aromatic ring is 1. The van der Waals surface area contributed by atoms with Crippen LogP contribution in [0, 0.1) is 6.92 Å². The third-order valence-corrected chi connectivity index (χ3v) is 4.44. The van der Waals surface area contributed by atoms with Crippen LogP contribution in [0.5, 0.6) is 0 Å². The molecule has 0 aliphatic carbocycles. The van der Waals surface area contributed by atoms with E-state index in [1.54, 1.807) is 0 Å². The third-order valence-electron chi connectivity index (χ3n) is 2.96. The first-order chi connectivity index (χ1) is 8.54. The van der Waals surface area contributed by atoms with Crippen molar-refractivity contribution in [3.05, 3.63) is 44.5 Å². The maximum atomic E-state index is 6.10.